The minimum Gasteiger partial charge on any atom is -0.324 e. The maximum Gasteiger partial charge on any atom is 0.442 e. The van der Waals surface area contributed by atoms with E-state index in [0.29, 0.717) is 5.56 Å². The van der Waals surface area contributed by atoms with Crippen molar-refractivity contribution in [3.8, 4) is 11.6 Å². The Kier molecular flexibility index (Phi) is 5.57. The fraction of sp³-hybridized carbons (Fsp3) is 0.235. The number of aryl methyl sites for hydroxylation is 1. The van der Waals surface area contributed by atoms with E-state index in [9.17, 15) is 18.0 Å². The van der Waals surface area contributed by atoms with Gasteiger partial charge in [0.25, 0.3) is 0 Å². The van der Waals surface area contributed by atoms with Gasteiger partial charge in [0.15, 0.2) is 5.82 Å². The number of carbonyl (C=O) groups excluding carboxylic acids is 1. The second-order valence-corrected chi connectivity index (χ2v) is 8.37. The molecule has 0 aliphatic heterocycles. The standard InChI is InChI=1S/C17H18N6O5S/c1-11-5-6-12(9-13(11)29(26,27)22(2)3)20-14(24)10-23-16(21-28-17(23)25)15-18-7-4-8-19-15/h4-9H,10H2,1-3H3,(H,20,24). The van der Waals surface area contributed by atoms with Crippen molar-refractivity contribution in [3.05, 3.63) is 52.8 Å². The lowest BCUT2D eigenvalue weighted by Gasteiger charge is -2.15. The third-order valence-corrected chi connectivity index (χ3v) is 5.94. The first-order chi connectivity index (χ1) is 13.7. The van der Waals surface area contributed by atoms with Crippen molar-refractivity contribution in [1.29, 1.82) is 0 Å². The lowest BCUT2D eigenvalue weighted by molar-refractivity contribution is -0.116. The highest BCUT2D eigenvalue weighted by Gasteiger charge is 2.21. The molecule has 1 aromatic carbocycles. The Labute approximate surface area is 166 Å². The van der Waals surface area contributed by atoms with Crippen molar-refractivity contribution in [2.45, 2.75) is 18.4 Å². The molecule has 12 heteroatoms. The van der Waals surface area contributed by atoms with E-state index in [2.05, 4.69) is 25.0 Å². The summed E-state index contributed by atoms with van der Waals surface area (Å²) < 4.78 is 31.5. The number of benzene rings is 1. The average Bonchev–Trinajstić information content (AvgIpc) is 3.04. The molecule has 0 spiro atoms. The van der Waals surface area contributed by atoms with E-state index in [0.717, 1.165) is 8.87 Å². The van der Waals surface area contributed by atoms with Gasteiger partial charge in [-0.1, -0.05) is 11.2 Å². The molecule has 1 N–H and O–H groups in total. The second-order valence-electron chi connectivity index (χ2n) is 6.25. The quantitative estimate of drug-likeness (QED) is 0.610. The van der Waals surface area contributed by atoms with Crippen LogP contribution in [0.4, 0.5) is 5.69 Å². The Morgan fingerprint density at radius 3 is 2.59 bits per heavy atom. The minimum atomic E-state index is -3.68. The number of sulfonamides is 1. The first-order valence-corrected chi connectivity index (χ1v) is 9.81. The molecule has 0 aliphatic rings. The third kappa shape index (κ3) is 4.22. The molecule has 2 aromatic heterocycles. The van der Waals surface area contributed by atoms with Gasteiger partial charge in [-0.3, -0.25) is 9.32 Å². The molecule has 0 atom stereocenters. The normalized spacial score (nSPS) is 11.6. The monoisotopic (exact) mass is 418 g/mol. The van der Waals surface area contributed by atoms with Crippen molar-refractivity contribution < 1.29 is 17.7 Å². The number of hydrogen-bond donors (Lipinski definition) is 1. The van der Waals surface area contributed by atoms with E-state index in [1.54, 1.807) is 25.1 Å². The van der Waals surface area contributed by atoms with E-state index < -0.39 is 28.2 Å². The van der Waals surface area contributed by atoms with Crippen LogP contribution in [0.15, 0.2) is 50.9 Å². The molecule has 0 fully saturated rings. The van der Waals surface area contributed by atoms with Crippen LogP contribution in [0.5, 0.6) is 0 Å². The molecule has 0 radical (unpaired) electrons. The molecule has 0 aliphatic carbocycles. The van der Waals surface area contributed by atoms with Gasteiger partial charge in [-0.05, 0) is 30.7 Å². The van der Waals surface area contributed by atoms with Crippen LogP contribution in [0.2, 0.25) is 0 Å². The fourth-order valence-electron chi connectivity index (χ4n) is 2.48. The maximum atomic E-state index is 12.5. The Hall–Kier alpha value is -3.38. The molecule has 2 heterocycles. The van der Waals surface area contributed by atoms with E-state index in [1.807, 2.05) is 0 Å². The Morgan fingerprint density at radius 1 is 1.24 bits per heavy atom. The number of anilines is 1. The van der Waals surface area contributed by atoms with Gasteiger partial charge >= 0.3 is 5.76 Å². The minimum absolute atomic E-state index is 0.00512. The summed E-state index contributed by atoms with van der Waals surface area (Å²) in [5.41, 5.74) is 0.804. The van der Waals surface area contributed by atoms with Crippen molar-refractivity contribution in [2.75, 3.05) is 19.4 Å². The first kappa shape index (κ1) is 20.4. The van der Waals surface area contributed by atoms with Crippen LogP contribution in [0.3, 0.4) is 0 Å². The van der Waals surface area contributed by atoms with Crippen LogP contribution in [0.1, 0.15) is 5.56 Å². The number of nitrogens with one attached hydrogen (secondary N) is 1. The van der Waals surface area contributed by atoms with Crippen LogP contribution in [-0.4, -0.2) is 52.4 Å². The smallest absolute Gasteiger partial charge is 0.324 e. The van der Waals surface area contributed by atoms with E-state index >= 15 is 0 Å². The average molecular weight is 418 g/mol. The summed E-state index contributed by atoms with van der Waals surface area (Å²) in [6.45, 7) is 1.24. The molecule has 0 bridgehead atoms. The second kappa shape index (κ2) is 7.93. The number of rotatable bonds is 6. The zero-order valence-corrected chi connectivity index (χ0v) is 16.7. The largest absolute Gasteiger partial charge is 0.442 e. The van der Waals surface area contributed by atoms with E-state index in [1.165, 1.54) is 32.6 Å². The number of amides is 1. The SMILES string of the molecule is Cc1ccc(NC(=O)Cn2c(-c3ncccn3)noc2=O)cc1S(=O)(=O)N(C)C. The molecule has 3 aromatic rings. The predicted molar refractivity (Wildman–Crippen MR) is 102 cm³/mol. The van der Waals surface area contributed by atoms with Gasteiger partial charge in [-0.15, -0.1) is 0 Å². The lowest BCUT2D eigenvalue weighted by atomic mass is 10.2. The molecular formula is C17H18N6O5S. The van der Waals surface area contributed by atoms with Crippen molar-refractivity contribution >= 4 is 21.6 Å². The topological polar surface area (TPSA) is 140 Å². The summed E-state index contributed by atoms with van der Waals surface area (Å²) >= 11 is 0. The van der Waals surface area contributed by atoms with Crippen LogP contribution in [0.25, 0.3) is 11.6 Å². The molecule has 0 unspecified atom stereocenters. The summed E-state index contributed by atoms with van der Waals surface area (Å²) in [5, 5.41) is 6.18. The van der Waals surface area contributed by atoms with E-state index in [4.69, 9.17) is 0 Å². The van der Waals surface area contributed by atoms with Crippen LogP contribution in [-0.2, 0) is 21.4 Å². The zero-order valence-electron chi connectivity index (χ0n) is 15.9. The van der Waals surface area contributed by atoms with Crippen LogP contribution >= 0.6 is 0 Å². The summed E-state index contributed by atoms with van der Waals surface area (Å²) in [4.78, 5) is 32.4. The zero-order chi connectivity index (χ0) is 21.2. The number of aromatic nitrogens is 4. The first-order valence-electron chi connectivity index (χ1n) is 8.37. The lowest BCUT2D eigenvalue weighted by Crippen LogP contribution is -2.26. The van der Waals surface area contributed by atoms with Gasteiger partial charge in [-0.2, -0.15) is 0 Å². The van der Waals surface area contributed by atoms with Gasteiger partial charge < -0.3 is 5.32 Å². The summed E-state index contributed by atoms with van der Waals surface area (Å²) in [6.07, 6.45) is 2.93. The van der Waals surface area contributed by atoms with Gasteiger partial charge in [-0.25, -0.2) is 32.1 Å². The van der Waals surface area contributed by atoms with Crippen LogP contribution in [0, 0.1) is 6.92 Å². The maximum absolute atomic E-state index is 12.5. The van der Waals surface area contributed by atoms with Crippen molar-refractivity contribution in [3.63, 3.8) is 0 Å². The highest BCUT2D eigenvalue weighted by molar-refractivity contribution is 7.89. The molecular weight excluding hydrogens is 400 g/mol. The molecule has 29 heavy (non-hydrogen) atoms. The van der Waals surface area contributed by atoms with Gasteiger partial charge in [0.1, 0.15) is 6.54 Å². The summed E-state index contributed by atoms with van der Waals surface area (Å²) in [5.74, 6) is -1.29. The molecule has 0 saturated heterocycles. The summed E-state index contributed by atoms with van der Waals surface area (Å²) in [7, 11) is -0.836. The van der Waals surface area contributed by atoms with Crippen molar-refractivity contribution in [1.82, 2.24) is 24.0 Å². The van der Waals surface area contributed by atoms with Crippen molar-refractivity contribution in [2.24, 2.45) is 0 Å². The highest BCUT2D eigenvalue weighted by Crippen LogP contribution is 2.22. The Bertz CT molecular complexity index is 1200. The number of nitrogens with zero attached hydrogens (tertiary/aromatic N) is 5. The molecule has 0 saturated carbocycles. The predicted octanol–water partition coefficient (Wildman–Crippen LogP) is 0.491. The Balaban J connectivity index is 1.85. The number of carbonyl (C=O) groups is 1. The summed E-state index contributed by atoms with van der Waals surface area (Å²) in [6, 6.07) is 6.11. The fourth-order valence-corrected chi connectivity index (χ4v) is 3.62. The third-order valence-electron chi connectivity index (χ3n) is 3.98. The molecule has 1 amide bonds. The number of hydrogen-bond acceptors (Lipinski definition) is 8. The van der Waals surface area contributed by atoms with Crippen LogP contribution < -0.4 is 11.1 Å². The molecule has 3 rings (SSSR count). The van der Waals surface area contributed by atoms with E-state index in [-0.39, 0.29) is 22.2 Å². The highest BCUT2D eigenvalue weighted by atomic mass is 32.2. The van der Waals surface area contributed by atoms with Gasteiger partial charge in [0, 0.05) is 32.2 Å². The Morgan fingerprint density at radius 2 is 1.93 bits per heavy atom. The molecule has 152 valence electrons. The molecule has 11 nitrogen and oxygen atoms in total. The van der Waals surface area contributed by atoms with Gasteiger partial charge in [0.2, 0.25) is 21.8 Å². The van der Waals surface area contributed by atoms with Gasteiger partial charge in [0.05, 0.1) is 4.90 Å².